The van der Waals surface area contributed by atoms with Crippen LogP contribution in [0.2, 0.25) is 0 Å². The molecule has 0 radical (unpaired) electrons. The van der Waals surface area contributed by atoms with E-state index in [1.165, 1.54) is 31.4 Å². The average molecular weight is 163 g/mol. The third-order valence-corrected chi connectivity index (χ3v) is 4.40. The van der Waals surface area contributed by atoms with Gasteiger partial charge in [0.25, 0.3) is 0 Å². The summed E-state index contributed by atoms with van der Waals surface area (Å²) in [6.07, 6.45) is 5.86. The van der Waals surface area contributed by atoms with Crippen LogP contribution >= 0.6 is 0 Å². The molecule has 4 unspecified atom stereocenters. The van der Waals surface area contributed by atoms with Crippen LogP contribution in [-0.4, -0.2) is 18.0 Å². The van der Waals surface area contributed by atoms with Crippen molar-refractivity contribution in [3.8, 4) is 0 Å². The lowest BCUT2D eigenvalue weighted by Crippen LogP contribution is -2.42. The van der Waals surface area contributed by atoms with Gasteiger partial charge in [-0.15, -0.1) is 0 Å². The van der Waals surface area contributed by atoms with E-state index in [1.54, 1.807) is 0 Å². The van der Waals surface area contributed by atoms with Crippen molar-refractivity contribution in [2.75, 3.05) is 7.05 Å². The number of fused-ring (bicyclic) bond motifs is 2. The Bertz CT molecular complexity index is 231. The largest absolute Gasteiger partial charge is 0.375 e. The second-order valence-corrected chi connectivity index (χ2v) is 4.93. The number of hydrogen-bond donors (Lipinski definition) is 0. The number of allylic oxidation sites excluding steroid dienone is 1. The predicted octanol–water partition coefficient (Wildman–Crippen LogP) is 2.25. The lowest BCUT2D eigenvalue weighted by Gasteiger charge is -2.43. The zero-order valence-corrected chi connectivity index (χ0v) is 7.79. The summed E-state index contributed by atoms with van der Waals surface area (Å²) in [5.74, 6) is 2.91. The Morgan fingerprint density at radius 3 is 2.92 bits per heavy atom. The van der Waals surface area contributed by atoms with Gasteiger partial charge in [-0.2, -0.15) is 0 Å². The molecule has 0 amide bonds. The maximum Gasteiger partial charge on any atom is 0.0289 e. The number of likely N-dealkylation sites (tertiary alicyclic amines) is 1. The number of nitrogens with zero attached hydrogens (tertiary/aromatic N) is 1. The SMILES string of the molecule is C=C1C2CC3CC2CC(C3)N1C. The lowest BCUT2D eigenvalue weighted by atomic mass is 9.79. The van der Waals surface area contributed by atoms with E-state index < -0.39 is 0 Å². The van der Waals surface area contributed by atoms with Crippen molar-refractivity contribution in [3.05, 3.63) is 12.3 Å². The van der Waals surface area contributed by atoms with Gasteiger partial charge in [-0.05, 0) is 37.5 Å². The van der Waals surface area contributed by atoms with E-state index in [4.69, 9.17) is 0 Å². The number of piperidine rings is 1. The second-order valence-electron chi connectivity index (χ2n) is 4.93. The first-order chi connectivity index (χ1) is 5.75. The van der Waals surface area contributed by atoms with Crippen LogP contribution < -0.4 is 0 Å². The van der Waals surface area contributed by atoms with Gasteiger partial charge < -0.3 is 4.90 Å². The van der Waals surface area contributed by atoms with Gasteiger partial charge in [-0.25, -0.2) is 0 Å². The first kappa shape index (κ1) is 6.99. The fraction of sp³-hybridized carbons (Fsp3) is 0.818. The smallest absolute Gasteiger partial charge is 0.0289 e. The Balaban J connectivity index is 2.01. The number of hydrogen-bond acceptors (Lipinski definition) is 1. The second kappa shape index (κ2) is 2.07. The van der Waals surface area contributed by atoms with Crippen LogP contribution in [0.15, 0.2) is 12.3 Å². The van der Waals surface area contributed by atoms with Gasteiger partial charge in [0.05, 0.1) is 0 Å². The van der Waals surface area contributed by atoms with Gasteiger partial charge >= 0.3 is 0 Å². The average Bonchev–Trinajstić information content (AvgIpc) is 2.33. The fourth-order valence-corrected chi connectivity index (χ4v) is 3.74. The van der Waals surface area contributed by atoms with Crippen molar-refractivity contribution in [2.24, 2.45) is 17.8 Å². The summed E-state index contributed by atoms with van der Waals surface area (Å²) >= 11 is 0. The van der Waals surface area contributed by atoms with Gasteiger partial charge in [-0.3, -0.25) is 0 Å². The Morgan fingerprint density at radius 2 is 2.08 bits per heavy atom. The quantitative estimate of drug-likeness (QED) is 0.529. The normalized spacial score (nSPS) is 50.4. The summed E-state index contributed by atoms with van der Waals surface area (Å²) in [6, 6.07) is 0.847. The maximum absolute atomic E-state index is 4.24. The molecule has 0 aromatic rings. The standard InChI is InChI=1S/C11H17N/c1-7-11-5-8-3-9(11)6-10(4-8)12(7)2/h8-11H,1,3-6H2,2H3. The monoisotopic (exact) mass is 163 g/mol. The van der Waals surface area contributed by atoms with Crippen LogP contribution in [0.1, 0.15) is 25.7 Å². The molecule has 2 aliphatic carbocycles. The molecule has 1 heteroatoms. The molecule has 66 valence electrons. The van der Waals surface area contributed by atoms with Crippen LogP contribution in [0.3, 0.4) is 0 Å². The first-order valence-corrected chi connectivity index (χ1v) is 5.17. The van der Waals surface area contributed by atoms with Crippen molar-refractivity contribution < 1.29 is 0 Å². The first-order valence-electron chi connectivity index (χ1n) is 5.17. The predicted molar refractivity (Wildman–Crippen MR) is 49.6 cm³/mol. The Morgan fingerprint density at radius 1 is 1.25 bits per heavy atom. The Hall–Kier alpha value is -0.460. The molecule has 0 N–H and O–H groups in total. The molecular formula is C11H17N. The summed E-state index contributed by atoms with van der Waals surface area (Å²) in [5.41, 5.74) is 1.44. The summed E-state index contributed by atoms with van der Waals surface area (Å²) in [4.78, 5) is 2.46. The van der Waals surface area contributed by atoms with E-state index in [0.29, 0.717) is 0 Å². The molecular weight excluding hydrogens is 146 g/mol. The molecule has 2 saturated carbocycles. The maximum atomic E-state index is 4.24. The Kier molecular flexibility index (Phi) is 1.20. The summed E-state index contributed by atoms with van der Waals surface area (Å²) in [6.45, 7) is 4.24. The molecule has 0 aromatic heterocycles. The molecule has 1 aliphatic heterocycles. The molecule has 3 aliphatic rings. The van der Waals surface area contributed by atoms with Crippen molar-refractivity contribution in [3.63, 3.8) is 0 Å². The molecule has 1 heterocycles. The van der Waals surface area contributed by atoms with Crippen molar-refractivity contribution in [1.29, 1.82) is 0 Å². The molecule has 12 heavy (non-hydrogen) atoms. The lowest BCUT2D eigenvalue weighted by molar-refractivity contribution is 0.130. The van der Waals surface area contributed by atoms with Crippen molar-refractivity contribution in [1.82, 2.24) is 4.90 Å². The van der Waals surface area contributed by atoms with Crippen LogP contribution in [0.25, 0.3) is 0 Å². The highest BCUT2D eigenvalue weighted by atomic mass is 15.2. The summed E-state index contributed by atoms with van der Waals surface area (Å²) < 4.78 is 0. The van der Waals surface area contributed by atoms with Crippen LogP contribution in [-0.2, 0) is 0 Å². The molecule has 0 aromatic carbocycles. The van der Waals surface area contributed by atoms with Gasteiger partial charge in [0.15, 0.2) is 0 Å². The zero-order valence-electron chi connectivity index (χ0n) is 7.79. The highest BCUT2D eigenvalue weighted by Gasteiger charge is 2.47. The van der Waals surface area contributed by atoms with Crippen LogP contribution in [0.4, 0.5) is 0 Å². The minimum atomic E-state index is 0.847. The van der Waals surface area contributed by atoms with E-state index in [2.05, 4.69) is 18.5 Å². The molecule has 1 nitrogen and oxygen atoms in total. The van der Waals surface area contributed by atoms with Gasteiger partial charge in [0, 0.05) is 24.7 Å². The molecule has 4 atom stereocenters. The minimum Gasteiger partial charge on any atom is -0.375 e. The van der Waals surface area contributed by atoms with Crippen molar-refractivity contribution >= 4 is 0 Å². The summed E-state index contributed by atoms with van der Waals surface area (Å²) in [7, 11) is 2.24. The zero-order chi connectivity index (χ0) is 8.29. The van der Waals surface area contributed by atoms with Gasteiger partial charge in [-0.1, -0.05) is 6.58 Å². The topological polar surface area (TPSA) is 3.24 Å². The fourth-order valence-electron chi connectivity index (χ4n) is 3.74. The third-order valence-electron chi connectivity index (χ3n) is 4.40. The van der Waals surface area contributed by atoms with E-state index in [9.17, 15) is 0 Å². The molecule has 0 spiro atoms. The van der Waals surface area contributed by atoms with Crippen molar-refractivity contribution in [2.45, 2.75) is 31.7 Å². The van der Waals surface area contributed by atoms with Gasteiger partial charge in [0.1, 0.15) is 0 Å². The molecule has 3 rings (SSSR count). The van der Waals surface area contributed by atoms with E-state index >= 15 is 0 Å². The van der Waals surface area contributed by atoms with E-state index in [1.807, 2.05) is 0 Å². The highest BCUT2D eigenvalue weighted by Crippen LogP contribution is 2.54. The van der Waals surface area contributed by atoms with E-state index in [0.717, 1.165) is 23.8 Å². The molecule has 1 saturated heterocycles. The number of rotatable bonds is 0. The molecule has 3 bridgehead atoms. The van der Waals surface area contributed by atoms with Gasteiger partial charge in [0.2, 0.25) is 0 Å². The molecule has 3 fully saturated rings. The third kappa shape index (κ3) is 0.699. The summed E-state index contributed by atoms with van der Waals surface area (Å²) in [5, 5.41) is 0. The highest BCUT2D eigenvalue weighted by molar-refractivity contribution is 5.14. The minimum absolute atomic E-state index is 0.847. The van der Waals surface area contributed by atoms with Crippen LogP contribution in [0.5, 0.6) is 0 Å². The van der Waals surface area contributed by atoms with Crippen LogP contribution in [0, 0.1) is 17.8 Å². The Labute approximate surface area is 74.4 Å². The van der Waals surface area contributed by atoms with E-state index in [-0.39, 0.29) is 0 Å².